The molecule has 1 aromatic carbocycles. The lowest BCUT2D eigenvalue weighted by molar-refractivity contribution is -0.147. The van der Waals surface area contributed by atoms with E-state index in [2.05, 4.69) is 14.7 Å². The first-order chi connectivity index (χ1) is 20.3. The van der Waals surface area contributed by atoms with Crippen LogP contribution in [0.15, 0.2) is 35.4 Å². The molecule has 0 radical (unpaired) electrons. The van der Waals surface area contributed by atoms with Gasteiger partial charge in [-0.1, -0.05) is 6.92 Å². The number of benzene rings is 1. The van der Waals surface area contributed by atoms with E-state index >= 15 is 0 Å². The number of pyridine rings is 1. The molecule has 13 heteroatoms. The number of aryl methyl sites for hydroxylation is 1. The van der Waals surface area contributed by atoms with E-state index in [0.29, 0.717) is 18.9 Å². The number of hydrogen-bond acceptors (Lipinski definition) is 8. The Bertz CT molecular complexity index is 1390. The number of hydrogen-bond donors (Lipinski definition) is 2. The summed E-state index contributed by atoms with van der Waals surface area (Å²) in [6.07, 6.45) is -0.121. The van der Waals surface area contributed by atoms with Crippen molar-refractivity contribution in [1.29, 1.82) is 5.26 Å². The van der Waals surface area contributed by atoms with E-state index in [-0.39, 0.29) is 23.6 Å². The van der Waals surface area contributed by atoms with E-state index in [4.69, 9.17) is 14.7 Å². The number of alkyl halides is 3. The average molecular weight is 622 g/mol. The van der Waals surface area contributed by atoms with Gasteiger partial charge in [0.25, 0.3) is 5.91 Å². The molecule has 1 N–H and O–H groups in total. The molecule has 43 heavy (non-hydrogen) atoms. The quantitative estimate of drug-likeness (QED) is 0.291. The average Bonchev–Trinajstić information content (AvgIpc) is 3.24. The lowest BCUT2D eigenvalue weighted by atomic mass is 9.93. The molecule has 234 valence electrons. The molecule has 2 aliphatic rings. The molecule has 2 saturated heterocycles. The highest BCUT2D eigenvalue weighted by Crippen LogP contribution is 2.52. The van der Waals surface area contributed by atoms with Gasteiger partial charge in [-0.15, -0.1) is 11.1 Å². The SMILES string of the molecule is CCc1cc([SH]2NN(c3cnc(C#N)c(C(F)(F)F)c3)C(=O)C2(C)C)ccc1OCCC1CCN([C@H](C)C(=O)OC)CC1. The molecule has 2 aliphatic heterocycles. The van der Waals surface area contributed by atoms with Crippen LogP contribution in [0.4, 0.5) is 18.9 Å². The number of esters is 1. The third kappa shape index (κ3) is 6.92. The molecule has 3 heterocycles. The number of nitrogens with one attached hydrogen (secondary N) is 1. The maximum absolute atomic E-state index is 13.6. The Morgan fingerprint density at radius 1 is 1.28 bits per heavy atom. The van der Waals surface area contributed by atoms with Gasteiger partial charge in [-0.2, -0.15) is 23.3 Å². The van der Waals surface area contributed by atoms with Crippen molar-refractivity contribution in [3.05, 3.63) is 47.3 Å². The number of carbonyl (C=O) groups is 2. The summed E-state index contributed by atoms with van der Waals surface area (Å²) in [5.41, 5.74) is -1.03. The molecule has 1 aromatic heterocycles. The first-order valence-electron chi connectivity index (χ1n) is 14.3. The van der Waals surface area contributed by atoms with Crippen molar-refractivity contribution in [2.45, 2.75) is 75.2 Å². The van der Waals surface area contributed by atoms with E-state index in [0.717, 1.165) is 65.8 Å². The summed E-state index contributed by atoms with van der Waals surface area (Å²) in [6, 6.07) is 7.80. The lowest BCUT2D eigenvalue weighted by Crippen LogP contribution is -2.44. The maximum atomic E-state index is 13.6. The second-order valence-corrected chi connectivity index (χ2v) is 13.8. The van der Waals surface area contributed by atoms with Gasteiger partial charge in [-0.3, -0.25) is 14.5 Å². The summed E-state index contributed by atoms with van der Waals surface area (Å²) in [5.74, 6) is 0.672. The Balaban J connectivity index is 1.42. The largest absolute Gasteiger partial charge is 0.493 e. The van der Waals surface area contributed by atoms with Crippen LogP contribution in [0.5, 0.6) is 5.75 Å². The summed E-state index contributed by atoms with van der Waals surface area (Å²) in [4.78, 5) is 35.1. The molecule has 2 atom stereocenters. The monoisotopic (exact) mass is 621 g/mol. The van der Waals surface area contributed by atoms with Crippen LogP contribution in [0.3, 0.4) is 0 Å². The number of piperidine rings is 1. The zero-order chi connectivity index (χ0) is 31.5. The summed E-state index contributed by atoms with van der Waals surface area (Å²) in [5, 5.41) is 10.2. The van der Waals surface area contributed by atoms with Crippen LogP contribution in [0.25, 0.3) is 0 Å². The number of nitrogens with zero attached hydrogens (tertiary/aromatic N) is 4. The van der Waals surface area contributed by atoms with Gasteiger partial charge >= 0.3 is 12.1 Å². The number of nitriles is 1. The third-order valence-electron chi connectivity index (χ3n) is 8.23. The second kappa shape index (κ2) is 13.1. The smallest absolute Gasteiger partial charge is 0.419 e. The number of amides is 1. The van der Waals surface area contributed by atoms with Crippen LogP contribution < -0.4 is 14.6 Å². The molecule has 0 bridgehead atoms. The Morgan fingerprint density at radius 3 is 2.58 bits per heavy atom. The van der Waals surface area contributed by atoms with Crippen LogP contribution in [0.2, 0.25) is 0 Å². The van der Waals surface area contributed by atoms with Crippen molar-refractivity contribution in [2.24, 2.45) is 5.92 Å². The van der Waals surface area contributed by atoms with Crippen molar-refractivity contribution >= 4 is 28.6 Å². The van der Waals surface area contributed by atoms with E-state index in [1.807, 2.05) is 32.0 Å². The van der Waals surface area contributed by atoms with Gasteiger partial charge in [0.05, 0.1) is 35.9 Å². The van der Waals surface area contributed by atoms with Crippen LogP contribution in [0.1, 0.15) is 63.8 Å². The van der Waals surface area contributed by atoms with Crippen LogP contribution in [0, 0.1) is 17.2 Å². The van der Waals surface area contributed by atoms with Crippen molar-refractivity contribution in [3.63, 3.8) is 0 Å². The number of rotatable bonds is 9. The molecular formula is C30H38F3N5O4S. The number of anilines is 1. The zero-order valence-corrected chi connectivity index (χ0v) is 25.9. The normalized spacial score (nSPS) is 21.0. The molecule has 0 spiro atoms. The number of ether oxygens (including phenoxy) is 2. The first-order valence-corrected chi connectivity index (χ1v) is 15.6. The summed E-state index contributed by atoms with van der Waals surface area (Å²) >= 11 is -1.35. The maximum Gasteiger partial charge on any atom is 0.419 e. The third-order valence-corrected chi connectivity index (χ3v) is 10.7. The van der Waals surface area contributed by atoms with Crippen molar-refractivity contribution in [3.8, 4) is 11.8 Å². The molecule has 0 saturated carbocycles. The Morgan fingerprint density at radius 2 is 1.98 bits per heavy atom. The van der Waals surface area contributed by atoms with Gasteiger partial charge in [-0.25, -0.2) is 9.99 Å². The predicted molar refractivity (Wildman–Crippen MR) is 158 cm³/mol. The highest BCUT2D eigenvalue weighted by atomic mass is 32.2. The summed E-state index contributed by atoms with van der Waals surface area (Å²) < 4.78 is 50.8. The minimum Gasteiger partial charge on any atom is -0.493 e. The molecule has 9 nitrogen and oxygen atoms in total. The molecule has 4 rings (SSSR count). The number of likely N-dealkylation sites (tertiary alicyclic amines) is 1. The van der Waals surface area contributed by atoms with Crippen LogP contribution >= 0.6 is 11.1 Å². The van der Waals surface area contributed by atoms with E-state index in [9.17, 15) is 22.8 Å². The number of hydrazine groups is 1. The molecular weight excluding hydrogens is 583 g/mol. The van der Waals surface area contributed by atoms with Crippen molar-refractivity contribution in [1.82, 2.24) is 14.7 Å². The summed E-state index contributed by atoms with van der Waals surface area (Å²) in [7, 11) is 1.41. The molecule has 2 fully saturated rings. The van der Waals surface area contributed by atoms with Crippen LogP contribution in [-0.4, -0.2) is 59.4 Å². The van der Waals surface area contributed by atoms with Gasteiger partial charge in [0.15, 0.2) is 5.69 Å². The fourth-order valence-corrected chi connectivity index (χ4v) is 7.70. The van der Waals surface area contributed by atoms with E-state index < -0.39 is 33.3 Å². The van der Waals surface area contributed by atoms with Crippen molar-refractivity contribution < 1.29 is 32.2 Å². The lowest BCUT2D eigenvalue weighted by Gasteiger charge is -2.34. The Kier molecular flexibility index (Phi) is 9.93. The molecule has 1 amide bonds. The minimum absolute atomic E-state index is 0.0735. The number of halogens is 3. The Labute approximate surface area is 252 Å². The molecule has 1 unspecified atom stereocenters. The van der Waals surface area contributed by atoms with E-state index in [1.165, 1.54) is 13.2 Å². The minimum atomic E-state index is -4.79. The standard InChI is InChI=1S/C30H38F3N5O4S/c1-6-21-15-23(7-8-26(21)42-14-11-20-9-12-37(13-10-20)19(2)27(39)41-5)43-29(3,4)28(40)38(36-43)22-16-24(30(31,32)33)25(17-34)35-18-22/h7-8,15-16,18-20,36,43H,6,9-14H2,1-5H3/t19-/m1/s1. The topological polar surface area (TPSA) is 108 Å². The van der Waals surface area contributed by atoms with Gasteiger partial charge in [-0.05, 0) is 95.3 Å². The fraction of sp³-hybridized carbons (Fsp3) is 0.533. The fourth-order valence-electron chi connectivity index (χ4n) is 5.48. The van der Waals surface area contributed by atoms with Gasteiger partial charge < -0.3 is 9.47 Å². The van der Waals surface area contributed by atoms with Crippen molar-refractivity contribution in [2.75, 3.05) is 31.8 Å². The predicted octanol–water partition coefficient (Wildman–Crippen LogP) is 5.18. The number of methoxy groups -OCH3 is 1. The van der Waals surface area contributed by atoms with Gasteiger partial charge in [0.1, 0.15) is 17.9 Å². The molecule has 0 aliphatic carbocycles. The first kappa shape index (κ1) is 32.6. The summed E-state index contributed by atoms with van der Waals surface area (Å²) in [6.45, 7) is 9.66. The second-order valence-electron chi connectivity index (χ2n) is 11.3. The Hall–Kier alpha value is -3.34. The van der Waals surface area contributed by atoms with Gasteiger partial charge in [0.2, 0.25) is 0 Å². The number of aromatic nitrogens is 1. The molecule has 2 aromatic rings. The highest BCUT2D eigenvalue weighted by molar-refractivity contribution is 8.17. The zero-order valence-electron chi connectivity index (χ0n) is 25.0. The highest BCUT2D eigenvalue weighted by Gasteiger charge is 2.47. The van der Waals surface area contributed by atoms with Crippen LogP contribution in [-0.2, 0) is 26.9 Å². The van der Waals surface area contributed by atoms with E-state index in [1.54, 1.807) is 13.8 Å². The van der Waals surface area contributed by atoms with Gasteiger partial charge in [0, 0.05) is 4.90 Å². The number of thiol groups is 1. The number of carbonyl (C=O) groups excluding carboxylic acids is 2.